The molecular formula is C25H26F3N5O2S. The van der Waals surface area contributed by atoms with Crippen LogP contribution in [0.3, 0.4) is 0 Å². The smallest absolute Gasteiger partial charge is 0.390 e. The second kappa shape index (κ2) is 9.68. The third kappa shape index (κ3) is 4.88. The van der Waals surface area contributed by atoms with E-state index in [9.17, 15) is 18.0 Å². The van der Waals surface area contributed by atoms with Crippen molar-refractivity contribution >= 4 is 45.2 Å². The van der Waals surface area contributed by atoms with Gasteiger partial charge in [0.1, 0.15) is 22.7 Å². The van der Waals surface area contributed by atoms with E-state index in [1.807, 2.05) is 25.3 Å². The molecule has 36 heavy (non-hydrogen) atoms. The molecule has 0 saturated carbocycles. The van der Waals surface area contributed by atoms with Crippen LogP contribution in [-0.2, 0) is 24.2 Å². The predicted molar refractivity (Wildman–Crippen MR) is 133 cm³/mol. The Morgan fingerprint density at radius 1 is 1.31 bits per heavy atom. The lowest BCUT2D eigenvalue weighted by molar-refractivity contribution is -0.146. The number of fused-ring (bicyclic) bond motifs is 4. The molecule has 2 aromatic heterocycles. The molecule has 0 bridgehead atoms. The highest BCUT2D eigenvalue weighted by Gasteiger charge is 2.33. The van der Waals surface area contributed by atoms with Crippen molar-refractivity contribution in [1.29, 1.82) is 0 Å². The van der Waals surface area contributed by atoms with Crippen LogP contribution < -0.4 is 10.1 Å². The first-order chi connectivity index (χ1) is 17.2. The molecule has 2 aliphatic rings. The van der Waals surface area contributed by atoms with Gasteiger partial charge in [-0.3, -0.25) is 9.79 Å². The van der Waals surface area contributed by atoms with Gasteiger partial charge in [-0.15, -0.1) is 11.3 Å². The Kier molecular flexibility index (Phi) is 6.59. The summed E-state index contributed by atoms with van der Waals surface area (Å²) in [5, 5.41) is 4.36. The molecule has 11 heteroatoms. The zero-order valence-electron chi connectivity index (χ0n) is 20.0. The molecule has 1 atom stereocenters. The minimum absolute atomic E-state index is 0.243. The van der Waals surface area contributed by atoms with Crippen molar-refractivity contribution in [2.45, 2.75) is 45.3 Å². The molecule has 1 N–H and O–H groups in total. The van der Waals surface area contributed by atoms with Crippen molar-refractivity contribution in [3.63, 3.8) is 0 Å². The van der Waals surface area contributed by atoms with Crippen LogP contribution in [0.4, 0.5) is 24.7 Å². The van der Waals surface area contributed by atoms with Gasteiger partial charge in [-0.25, -0.2) is 9.97 Å². The van der Waals surface area contributed by atoms with E-state index in [0.717, 1.165) is 43.2 Å². The lowest BCUT2D eigenvalue weighted by atomic mass is 9.87. The van der Waals surface area contributed by atoms with Crippen LogP contribution in [0, 0.1) is 5.92 Å². The summed E-state index contributed by atoms with van der Waals surface area (Å²) in [6.45, 7) is 2.76. The number of halogens is 3. The largest absolute Gasteiger partial charge is 0.492 e. The van der Waals surface area contributed by atoms with Crippen molar-refractivity contribution in [2.24, 2.45) is 10.9 Å². The number of carbonyl (C=O) groups is 1. The van der Waals surface area contributed by atoms with Gasteiger partial charge in [-0.1, -0.05) is 0 Å². The summed E-state index contributed by atoms with van der Waals surface area (Å²) in [6.07, 6.45) is -0.229. The minimum atomic E-state index is -4.28. The number of aliphatic imine (C=N–C) groups is 1. The normalized spacial score (nSPS) is 16.6. The molecule has 190 valence electrons. The number of aryl methyl sites for hydroxylation is 1. The number of aromatic nitrogens is 2. The molecule has 3 aromatic rings. The number of rotatable bonds is 7. The molecule has 1 amide bonds. The molecule has 1 aliphatic heterocycles. The van der Waals surface area contributed by atoms with E-state index in [0.29, 0.717) is 38.2 Å². The maximum Gasteiger partial charge on any atom is 0.390 e. The van der Waals surface area contributed by atoms with Gasteiger partial charge in [0.25, 0.3) is 0 Å². The summed E-state index contributed by atoms with van der Waals surface area (Å²) < 4.78 is 43.7. The number of carbonyl (C=O) groups excluding carboxylic acids is 1. The Hall–Kier alpha value is -3.21. The number of ether oxygens (including phenoxy) is 1. The summed E-state index contributed by atoms with van der Waals surface area (Å²) in [7, 11) is 1.44. The van der Waals surface area contributed by atoms with Crippen molar-refractivity contribution in [3.8, 4) is 5.75 Å². The Balaban J connectivity index is 1.40. The third-order valence-electron chi connectivity index (χ3n) is 6.59. The standard InChI is InChI=1S/C25H26F3N5O2S/c1-3-35-19-9-16-12-29-11-15(16)8-18(19)32-22-21-17-5-4-14(10-20(17)36-23(21)31-13-30-22)24(34)33(2)7-6-25(26,27)28/h8-9,11,13-14H,3-7,10,12H2,1-2H3,(H,30,31,32)/t14-/m0/s1. The predicted octanol–water partition coefficient (Wildman–Crippen LogP) is 5.28. The second-order valence-corrected chi connectivity index (χ2v) is 10.1. The molecule has 0 radical (unpaired) electrons. The van der Waals surface area contributed by atoms with Gasteiger partial charge in [-0.2, -0.15) is 13.2 Å². The summed E-state index contributed by atoms with van der Waals surface area (Å²) in [5.74, 6) is 0.812. The molecule has 3 heterocycles. The number of anilines is 2. The van der Waals surface area contributed by atoms with Gasteiger partial charge >= 0.3 is 6.18 Å². The zero-order valence-corrected chi connectivity index (χ0v) is 20.8. The fraction of sp³-hybridized carbons (Fsp3) is 0.440. The van der Waals surface area contributed by atoms with Crippen LogP contribution in [0.2, 0.25) is 0 Å². The minimum Gasteiger partial charge on any atom is -0.492 e. The molecule has 7 nitrogen and oxygen atoms in total. The van der Waals surface area contributed by atoms with Gasteiger partial charge in [-0.05, 0) is 55.0 Å². The number of thiophene rings is 1. The number of hydrogen-bond donors (Lipinski definition) is 1. The van der Waals surface area contributed by atoms with E-state index < -0.39 is 12.6 Å². The Morgan fingerprint density at radius 3 is 2.92 bits per heavy atom. The summed E-state index contributed by atoms with van der Waals surface area (Å²) in [6, 6.07) is 4.01. The topological polar surface area (TPSA) is 79.7 Å². The zero-order chi connectivity index (χ0) is 25.4. The van der Waals surface area contributed by atoms with Crippen molar-refractivity contribution in [3.05, 3.63) is 40.0 Å². The van der Waals surface area contributed by atoms with Crippen LogP contribution >= 0.6 is 11.3 Å². The van der Waals surface area contributed by atoms with E-state index >= 15 is 0 Å². The first-order valence-electron chi connectivity index (χ1n) is 11.9. The lowest BCUT2D eigenvalue weighted by Crippen LogP contribution is -2.37. The molecular weight excluding hydrogens is 491 g/mol. The molecule has 0 saturated heterocycles. The number of benzene rings is 1. The average molecular weight is 518 g/mol. The molecule has 5 rings (SSSR count). The number of alkyl halides is 3. The van der Waals surface area contributed by atoms with Crippen LogP contribution in [0.1, 0.15) is 41.3 Å². The third-order valence-corrected chi connectivity index (χ3v) is 7.75. The molecule has 0 unspecified atom stereocenters. The monoisotopic (exact) mass is 517 g/mol. The van der Waals surface area contributed by atoms with Crippen LogP contribution in [0.5, 0.6) is 5.75 Å². The summed E-state index contributed by atoms with van der Waals surface area (Å²) >= 11 is 1.52. The van der Waals surface area contributed by atoms with E-state index in [4.69, 9.17) is 4.74 Å². The molecule has 0 spiro atoms. The SMILES string of the molecule is CCOc1cc2c(cc1Nc1ncnc3sc4c(c13)CC[C@H](C(=O)N(C)CCC(F)(F)F)C4)C=NC2. The van der Waals surface area contributed by atoms with E-state index in [1.165, 1.54) is 29.6 Å². The fourth-order valence-electron chi connectivity index (χ4n) is 4.77. The van der Waals surface area contributed by atoms with Crippen molar-refractivity contribution < 1.29 is 22.7 Å². The van der Waals surface area contributed by atoms with Crippen molar-refractivity contribution in [1.82, 2.24) is 14.9 Å². The Bertz CT molecular complexity index is 1340. The quantitative estimate of drug-likeness (QED) is 0.461. The highest BCUT2D eigenvalue weighted by atomic mass is 32.1. The number of hydrogen-bond acceptors (Lipinski definition) is 7. The molecule has 0 fully saturated rings. The fourth-order valence-corrected chi connectivity index (χ4v) is 6.04. The summed E-state index contributed by atoms with van der Waals surface area (Å²) in [5.41, 5.74) is 4.04. The van der Waals surface area contributed by atoms with Crippen LogP contribution in [0.25, 0.3) is 10.2 Å². The molecule has 1 aliphatic carbocycles. The maximum atomic E-state index is 12.8. The molecule has 1 aromatic carbocycles. The Morgan fingerprint density at radius 2 is 2.14 bits per heavy atom. The van der Waals surface area contributed by atoms with E-state index in [1.54, 1.807) is 0 Å². The number of nitrogens with zero attached hydrogens (tertiary/aromatic N) is 4. The second-order valence-electron chi connectivity index (χ2n) is 9.05. The number of amides is 1. The average Bonchev–Trinajstić information content (AvgIpc) is 3.45. The highest BCUT2D eigenvalue weighted by molar-refractivity contribution is 7.19. The highest BCUT2D eigenvalue weighted by Crippen LogP contribution is 2.42. The van der Waals surface area contributed by atoms with Gasteiger partial charge in [0.05, 0.1) is 30.6 Å². The maximum absolute atomic E-state index is 12.8. The summed E-state index contributed by atoms with van der Waals surface area (Å²) in [4.78, 5) is 29.2. The van der Waals surface area contributed by atoms with Gasteiger partial charge < -0.3 is 15.0 Å². The van der Waals surface area contributed by atoms with E-state index in [-0.39, 0.29) is 18.4 Å². The van der Waals surface area contributed by atoms with Crippen LogP contribution in [0.15, 0.2) is 23.5 Å². The van der Waals surface area contributed by atoms with Gasteiger partial charge in [0.15, 0.2) is 0 Å². The van der Waals surface area contributed by atoms with Gasteiger partial charge in [0, 0.05) is 30.6 Å². The Labute approximate surface area is 210 Å². The van der Waals surface area contributed by atoms with Gasteiger partial charge in [0.2, 0.25) is 5.91 Å². The lowest BCUT2D eigenvalue weighted by Gasteiger charge is -2.27. The first-order valence-corrected chi connectivity index (χ1v) is 12.7. The first kappa shape index (κ1) is 24.5. The number of nitrogens with one attached hydrogen (secondary N) is 1. The van der Waals surface area contributed by atoms with Crippen LogP contribution in [-0.4, -0.2) is 53.4 Å². The van der Waals surface area contributed by atoms with E-state index in [2.05, 4.69) is 20.3 Å². The van der Waals surface area contributed by atoms with Crippen molar-refractivity contribution in [2.75, 3.05) is 25.5 Å².